The third kappa shape index (κ3) is 6.49. The van der Waals surface area contributed by atoms with Gasteiger partial charge in [0.25, 0.3) is 5.91 Å². The van der Waals surface area contributed by atoms with Gasteiger partial charge in [0.15, 0.2) is 0 Å². The average molecular weight is 604 g/mol. The zero-order valence-electron chi connectivity index (χ0n) is 24.3. The fourth-order valence-electron chi connectivity index (χ4n) is 5.29. The van der Waals surface area contributed by atoms with E-state index >= 15 is 4.39 Å². The molecule has 0 saturated carbocycles. The number of pyridine rings is 1. The predicted octanol–water partition coefficient (Wildman–Crippen LogP) is 4.32. The average Bonchev–Trinajstić information content (AvgIpc) is 3.00. The second kappa shape index (κ2) is 12.3. The predicted molar refractivity (Wildman–Crippen MR) is 153 cm³/mol. The topological polar surface area (TPSA) is 95.9 Å². The van der Waals surface area contributed by atoms with Crippen molar-refractivity contribution in [3.05, 3.63) is 53.7 Å². The van der Waals surface area contributed by atoms with Crippen LogP contribution in [0.4, 0.5) is 34.9 Å². The highest BCUT2D eigenvalue weighted by molar-refractivity contribution is 6.07. The highest BCUT2D eigenvalue weighted by atomic mass is 19.4. The summed E-state index contributed by atoms with van der Waals surface area (Å²) in [5.74, 6) is -1.44. The minimum Gasteiger partial charge on any atom is -0.481 e. The Bertz CT molecular complexity index is 1450. The summed E-state index contributed by atoms with van der Waals surface area (Å²) in [6.07, 6.45) is -1.06. The van der Waals surface area contributed by atoms with Crippen molar-refractivity contribution in [2.24, 2.45) is 0 Å². The van der Waals surface area contributed by atoms with E-state index in [-0.39, 0.29) is 29.2 Å². The second-order valence-corrected chi connectivity index (χ2v) is 10.7. The van der Waals surface area contributed by atoms with Gasteiger partial charge in [-0.15, -0.1) is 0 Å². The van der Waals surface area contributed by atoms with Crippen molar-refractivity contribution in [3.8, 4) is 17.0 Å². The highest BCUT2D eigenvalue weighted by Crippen LogP contribution is 2.38. The second-order valence-electron chi connectivity index (χ2n) is 10.7. The number of anilines is 3. The van der Waals surface area contributed by atoms with Gasteiger partial charge in [0.2, 0.25) is 11.8 Å². The maximum Gasteiger partial charge on any atom is 0.417 e. The molecular weight excluding hydrogens is 570 g/mol. The molecule has 1 aromatic carbocycles. The maximum absolute atomic E-state index is 15.8. The largest absolute Gasteiger partial charge is 0.481 e. The number of hydrogen-bond acceptors (Lipinski definition) is 9. The lowest BCUT2D eigenvalue weighted by atomic mass is 10.0. The van der Waals surface area contributed by atoms with Crippen LogP contribution in [0.25, 0.3) is 11.1 Å². The number of nitrogens with zero attached hydrogens (tertiary/aromatic N) is 6. The van der Waals surface area contributed by atoms with E-state index in [1.165, 1.54) is 31.6 Å². The Kier molecular flexibility index (Phi) is 8.69. The number of morpholine rings is 1. The minimum atomic E-state index is -4.85. The van der Waals surface area contributed by atoms with E-state index in [1.54, 1.807) is 0 Å². The number of alkyl halides is 3. The van der Waals surface area contributed by atoms with Gasteiger partial charge in [-0.2, -0.15) is 13.2 Å². The number of amides is 1. The van der Waals surface area contributed by atoms with Crippen LogP contribution in [0, 0.1) is 5.82 Å². The number of ether oxygens (including phenoxy) is 2. The summed E-state index contributed by atoms with van der Waals surface area (Å²) in [5.41, 5.74) is -0.961. The smallest absolute Gasteiger partial charge is 0.417 e. The number of carbonyl (C=O) groups is 1. The molecule has 2 aliphatic rings. The van der Waals surface area contributed by atoms with Crippen molar-refractivity contribution in [2.75, 3.05) is 68.7 Å². The van der Waals surface area contributed by atoms with E-state index in [4.69, 9.17) is 9.47 Å². The summed E-state index contributed by atoms with van der Waals surface area (Å²) in [6.45, 7) is 7.42. The number of halogens is 4. The first kappa shape index (κ1) is 30.4. The lowest BCUT2D eigenvalue weighted by Crippen LogP contribution is -2.55. The fourth-order valence-corrected chi connectivity index (χ4v) is 5.29. The summed E-state index contributed by atoms with van der Waals surface area (Å²) in [5, 5.41) is 2.61. The fraction of sp³-hybridized carbons (Fsp3) is 0.448. The molecule has 2 fully saturated rings. The van der Waals surface area contributed by atoms with Gasteiger partial charge in [0, 0.05) is 74.0 Å². The molecular formula is C29H33F4N7O3. The molecule has 2 aromatic heterocycles. The number of methoxy groups -OCH3 is 1. The zero-order valence-corrected chi connectivity index (χ0v) is 24.3. The molecule has 0 aliphatic carbocycles. The van der Waals surface area contributed by atoms with Crippen LogP contribution in [0.2, 0.25) is 0 Å². The Labute approximate surface area is 246 Å². The van der Waals surface area contributed by atoms with Crippen molar-refractivity contribution >= 4 is 23.2 Å². The molecule has 14 heteroatoms. The summed E-state index contributed by atoms with van der Waals surface area (Å²) in [7, 11) is 3.18. The monoisotopic (exact) mass is 603 g/mol. The summed E-state index contributed by atoms with van der Waals surface area (Å²) < 4.78 is 67.7. The van der Waals surface area contributed by atoms with Gasteiger partial charge in [-0.25, -0.2) is 19.3 Å². The molecule has 230 valence electrons. The zero-order chi connectivity index (χ0) is 30.9. The number of benzene rings is 1. The van der Waals surface area contributed by atoms with Crippen molar-refractivity contribution in [1.82, 2.24) is 19.9 Å². The molecule has 43 heavy (non-hydrogen) atoms. The Morgan fingerprint density at radius 3 is 2.26 bits per heavy atom. The standard InChI is InChI=1S/C29H33F4N7O3/c1-17-15-40(16-18(2)38(17)3)25-11-23(30)20(19-12-35-28(36-13-19)39-5-7-43-8-6-39)9-24(25)37-27(41)21-14-34-26(42-4)10-22(21)29(31,32)33/h9-14,17-18H,5-8,15-16H2,1-4H3,(H,37,41). The first-order valence-corrected chi connectivity index (χ1v) is 13.8. The van der Waals surface area contributed by atoms with Crippen LogP contribution < -0.4 is 19.9 Å². The number of piperazine rings is 1. The van der Waals surface area contributed by atoms with Gasteiger partial charge in [-0.05, 0) is 33.0 Å². The van der Waals surface area contributed by atoms with Gasteiger partial charge >= 0.3 is 6.18 Å². The maximum atomic E-state index is 15.8. The van der Waals surface area contributed by atoms with Crippen molar-refractivity contribution < 1.29 is 31.8 Å². The Morgan fingerprint density at radius 1 is 1.00 bits per heavy atom. The van der Waals surface area contributed by atoms with Crippen LogP contribution in [-0.2, 0) is 10.9 Å². The number of nitrogens with one attached hydrogen (secondary N) is 1. The number of likely N-dealkylation sites (N-methyl/N-ethyl adjacent to an activating group) is 1. The van der Waals surface area contributed by atoms with E-state index in [0.717, 1.165) is 6.20 Å². The van der Waals surface area contributed by atoms with Crippen LogP contribution in [0.3, 0.4) is 0 Å². The van der Waals surface area contributed by atoms with Gasteiger partial charge in [0.05, 0.1) is 42.8 Å². The molecule has 5 rings (SSSR count). The number of carbonyl (C=O) groups excluding carboxylic acids is 1. The van der Waals surface area contributed by atoms with Gasteiger partial charge < -0.3 is 24.6 Å². The molecule has 2 unspecified atom stereocenters. The van der Waals surface area contributed by atoms with E-state index < -0.39 is 29.0 Å². The molecule has 1 N–H and O–H groups in total. The molecule has 4 heterocycles. The normalized spacial score (nSPS) is 19.8. The van der Waals surface area contributed by atoms with Gasteiger partial charge in [-0.3, -0.25) is 9.69 Å². The third-order valence-corrected chi connectivity index (χ3v) is 7.92. The summed E-state index contributed by atoms with van der Waals surface area (Å²) >= 11 is 0. The third-order valence-electron chi connectivity index (χ3n) is 7.92. The molecule has 2 atom stereocenters. The molecule has 10 nitrogen and oxygen atoms in total. The molecule has 0 bridgehead atoms. The first-order valence-electron chi connectivity index (χ1n) is 13.8. The molecule has 2 saturated heterocycles. The van der Waals surface area contributed by atoms with Crippen LogP contribution in [-0.4, -0.2) is 91.4 Å². The van der Waals surface area contributed by atoms with Crippen LogP contribution in [0.15, 0.2) is 36.8 Å². The van der Waals surface area contributed by atoms with E-state index in [2.05, 4.69) is 25.2 Å². The quantitative estimate of drug-likeness (QED) is 0.414. The van der Waals surface area contributed by atoms with Crippen molar-refractivity contribution in [3.63, 3.8) is 0 Å². The number of aromatic nitrogens is 3. The molecule has 0 radical (unpaired) electrons. The van der Waals surface area contributed by atoms with Crippen molar-refractivity contribution in [1.29, 1.82) is 0 Å². The molecule has 2 aliphatic heterocycles. The van der Waals surface area contributed by atoms with Crippen LogP contribution in [0.1, 0.15) is 29.8 Å². The highest BCUT2D eigenvalue weighted by Gasteiger charge is 2.37. The molecule has 1 amide bonds. The Balaban J connectivity index is 1.54. The lowest BCUT2D eigenvalue weighted by molar-refractivity contribution is -0.138. The van der Waals surface area contributed by atoms with Crippen LogP contribution >= 0.6 is 0 Å². The molecule has 0 spiro atoms. The van der Waals surface area contributed by atoms with Crippen molar-refractivity contribution in [2.45, 2.75) is 32.1 Å². The summed E-state index contributed by atoms with van der Waals surface area (Å²) in [4.78, 5) is 32.1. The molecule has 3 aromatic rings. The number of hydrogen-bond donors (Lipinski definition) is 1. The van der Waals surface area contributed by atoms with Gasteiger partial charge in [-0.1, -0.05) is 0 Å². The van der Waals surface area contributed by atoms with Crippen LogP contribution in [0.5, 0.6) is 5.88 Å². The number of rotatable bonds is 6. The SMILES string of the molecule is COc1cc(C(F)(F)F)c(C(=O)Nc2cc(-c3cnc(N4CCOCC4)nc3)c(F)cc2N2CC(C)N(C)C(C)C2)cn1. The van der Waals surface area contributed by atoms with E-state index in [0.29, 0.717) is 62.7 Å². The van der Waals surface area contributed by atoms with E-state index in [9.17, 15) is 18.0 Å². The lowest BCUT2D eigenvalue weighted by Gasteiger charge is -2.44. The first-order chi connectivity index (χ1) is 20.5. The van der Waals surface area contributed by atoms with Gasteiger partial charge in [0.1, 0.15) is 5.82 Å². The van der Waals surface area contributed by atoms with E-state index in [1.807, 2.05) is 30.7 Å². The minimum absolute atomic E-state index is 0.0895. The Hall–Kier alpha value is -4.04. The Morgan fingerprint density at radius 2 is 1.65 bits per heavy atom. The summed E-state index contributed by atoms with van der Waals surface area (Å²) in [6, 6.07) is 3.57.